The van der Waals surface area contributed by atoms with Gasteiger partial charge in [0, 0.05) is 31.0 Å². The normalized spacial score (nSPS) is 15.3. The molecule has 1 fully saturated rings. The quantitative estimate of drug-likeness (QED) is 0.106. The number of Topliss-reactive ketones (excluding diaryl/α,β-unsaturated/α-hetero) is 1. The average molecular weight is 854 g/mol. The Morgan fingerprint density at radius 2 is 1.16 bits per heavy atom. The maximum atomic E-state index is 12.9. The van der Waals surface area contributed by atoms with Gasteiger partial charge in [0.15, 0.2) is 5.78 Å². The number of hydrogen-bond donors (Lipinski definition) is 6. The maximum Gasteiger partial charge on any atom is 0.242 e. The number of nitrogens with one attached hydrogen (secondary N) is 5. The summed E-state index contributed by atoms with van der Waals surface area (Å²) in [5.41, 5.74) is 2.64. The number of aliphatic hydroxyl groups excluding tert-OH is 1. The number of aryl methyl sites for hydroxylation is 2. The Balaban J connectivity index is 0.00000185. The predicted octanol–water partition coefficient (Wildman–Crippen LogP) is 4.17. The molecule has 3 rings (SSSR count). The molecular weight excluding hydrogens is 775 g/mol. The van der Waals surface area contributed by atoms with E-state index in [9.17, 15) is 28.8 Å². The van der Waals surface area contributed by atoms with Gasteiger partial charge in [0.25, 0.3) is 0 Å². The van der Waals surface area contributed by atoms with Crippen LogP contribution in [0.3, 0.4) is 0 Å². The molecule has 1 saturated carbocycles. The molecule has 0 unspecified atom stereocenters. The second kappa shape index (κ2) is 33.0. The summed E-state index contributed by atoms with van der Waals surface area (Å²) in [5, 5.41) is 20.0. The van der Waals surface area contributed by atoms with Crippen molar-refractivity contribution in [2.75, 3.05) is 53.9 Å². The highest BCUT2D eigenvalue weighted by atomic mass is 16.2. The highest BCUT2D eigenvalue weighted by molar-refractivity contribution is 5.94. The molecule has 5 amide bonds. The monoisotopic (exact) mass is 854 g/mol. The van der Waals surface area contributed by atoms with E-state index in [-0.39, 0.29) is 36.6 Å². The second-order valence-corrected chi connectivity index (χ2v) is 16.2. The fourth-order valence-electron chi connectivity index (χ4n) is 6.37. The average Bonchev–Trinajstić information content (AvgIpc) is 3.24. The van der Waals surface area contributed by atoms with Crippen LogP contribution in [0.25, 0.3) is 0 Å². The first kappa shape index (κ1) is 56.3. The van der Waals surface area contributed by atoms with Crippen molar-refractivity contribution >= 4 is 35.3 Å². The van der Waals surface area contributed by atoms with Crippen LogP contribution in [0, 0.1) is 25.7 Å². The van der Waals surface area contributed by atoms with Crippen LogP contribution in [0.4, 0.5) is 0 Å². The molecule has 0 saturated heterocycles. The third kappa shape index (κ3) is 26.3. The summed E-state index contributed by atoms with van der Waals surface area (Å²) < 4.78 is 0. The first-order valence-corrected chi connectivity index (χ1v) is 21.8. The van der Waals surface area contributed by atoms with E-state index in [1.54, 1.807) is 13.8 Å². The predicted molar refractivity (Wildman–Crippen MR) is 245 cm³/mol. The third-order valence-corrected chi connectivity index (χ3v) is 10.4. The molecule has 2 aromatic carbocycles. The molecule has 344 valence electrons. The van der Waals surface area contributed by atoms with Gasteiger partial charge in [-0.05, 0) is 107 Å². The fraction of sp³-hybridized carbons (Fsp3) is 0.617. The fourth-order valence-corrected chi connectivity index (χ4v) is 6.37. The highest BCUT2D eigenvalue weighted by Gasteiger charge is 2.28. The van der Waals surface area contributed by atoms with Crippen molar-refractivity contribution in [3.8, 4) is 0 Å². The summed E-state index contributed by atoms with van der Waals surface area (Å²) in [4.78, 5) is 79.5. The van der Waals surface area contributed by atoms with Crippen molar-refractivity contribution in [1.82, 2.24) is 36.4 Å². The zero-order chi connectivity index (χ0) is 46.3. The Bertz CT molecular complexity index is 1490. The molecule has 0 heterocycles. The molecule has 6 N–H and O–H groups in total. The van der Waals surface area contributed by atoms with Crippen LogP contribution in [0.2, 0.25) is 0 Å². The molecule has 61 heavy (non-hydrogen) atoms. The van der Waals surface area contributed by atoms with Crippen LogP contribution >= 0.6 is 0 Å². The van der Waals surface area contributed by atoms with Gasteiger partial charge in [-0.15, -0.1) is 0 Å². The number of carbonyl (C=O) groups is 6. The lowest BCUT2D eigenvalue weighted by Gasteiger charge is -2.31. The van der Waals surface area contributed by atoms with Gasteiger partial charge in [-0.25, -0.2) is 0 Å². The van der Waals surface area contributed by atoms with Gasteiger partial charge < -0.3 is 41.5 Å². The van der Waals surface area contributed by atoms with Gasteiger partial charge in [-0.3, -0.25) is 28.8 Å². The first-order valence-electron chi connectivity index (χ1n) is 21.8. The highest BCUT2D eigenvalue weighted by Crippen LogP contribution is 2.26. The molecule has 1 aliphatic rings. The van der Waals surface area contributed by atoms with Crippen molar-refractivity contribution in [3.63, 3.8) is 0 Å². The Morgan fingerprint density at radius 1 is 0.672 bits per heavy atom. The molecule has 14 heteroatoms. The van der Waals surface area contributed by atoms with Crippen LogP contribution < -0.4 is 26.6 Å². The second-order valence-electron chi connectivity index (χ2n) is 16.2. The van der Waals surface area contributed by atoms with Crippen molar-refractivity contribution in [1.29, 1.82) is 0 Å². The summed E-state index contributed by atoms with van der Waals surface area (Å²) in [6.07, 6.45) is 5.30. The summed E-state index contributed by atoms with van der Waals surface area (Å²) in [7, 11) is 5.07. The van der Waals surface area contributed by atoms with E-state index in [0.717, 1.165) is 52.3 Å². The molecule has 1 aliphatic carbocycles. The SMILES string of the molecule is CCN(CCCC[C@H](NC(=O)CNC(=O)[C@H](C)NC(=O)CNC(=O)C1CCC(N(C)C)CC1)C(=O)NCC(=O)C(C)C)C(C)C.CO.Cc1ccccc1.Cc1ccccc1. The largest absolute Gasteiger partial charge is 0.400 e. The minimum atomic E-state index is -0.943. The minimum absolute atomic E-state index is 0.112. The number of amides is 5. The Morgan fingerprint density at radius 3 is 1.61 bits per heavy atom. The van der Waals surface area contributed by atoms with Crippen molar-refractivity contribution in [2.24, 2.45) is 11.8 Å². The van der Waals surface area contributed by atoms with Gasteiger partial charge in [0.05, 0.1) is 19.6 Å². The van der Waals surface area contributed by atoms with Gasteiger partial charge in [-0.2, -0.15) is 0 Å². The zero-order valence-corrected chi connectivity index (χ0v) is 39.0. The third-order valence-electron chi connectivity index (χ3n) is 10.4. The van der Waals surface area contributed by atoms with E-state index >= 15 is 0 Å². The molecule has 0 aliphatic heterocycles. The van der Waals surface area contributed by atoms with E-state index in [4.69, 9.17) is 5.11 Å². The summed E-state index contributed by atoms with van der Waals surface area (Å²) in [6.45, 7) is 16.5. The first-order chi connectivity index (χ1) is 28.9. The molecule has 0 aromatic heterocycles. The minimum Gasteiger partial charge on any atom is -0.400 e. The molecular formula is C47H79N7O7. The standard InChI is InChI=1S/C32H59N7O6.2C7H8.CH4O/c1-9-39(22(4)5)17-11-10-12-26(32(45)33-18-27(40)21(2)3)37-29(42)20-34-30(43)23(6)36-28(41)19-35-31(44)24-13-15-25(16-14-24)38(7)8;2*1-7-5-3-2-4-6-7;1-2/h21-26H,9-20H2,1-8H3,(H,33,45)(H,34,43)(H,35,44)(H,36,41)(H,37,42);2*2-6H,1H3;2H,1H3/t23-,24?,25?,26-;;;/m0.../s1. The number of aliphatic hydroxyl groups is 1. The van der Waals surface area contributed by atoms with Gasteiger partial charge in [0.1, 0.15) is 12.1 Å². The Kier molecular flexibility index (Phi) is 30.5. The van der Waals surface area contributed by atoms with Crippen LogP contribution in [0.15, 0.2) is 60.7 Å². The van der Waals surface area contributed by atoms with Crippen LogP contribution in [0.5, 0.6) is 0 Å². The van der Waals surface area contributed by atoms with E-state index in [1.807, 2.05) is 50.5 Å². The summed E-state index contributed by atoms with van der Waals surface area (Å²) >= 11 is 0. The maximum absolute atomic E-state index is 12.9. The van der Waals surface area contributed by atoms with Crippen LogP contribution in [-0.4, -0.2) is 128 Å². The molecule has 2 aromatic rings. The number of carbonyl (C=O) groups excluding carboxylic acids is 6. The molecule has 0 radical (unpaired) electrons. The summed E-state index contributed by atoms with van der Waals surface area (Å²) in [6, 6.07) is 19.6. The Hall–Kier alpha value is -4.66. The van der Waals surface area contributed by atoms with Crippen molar-refractivity contribution in [2.45, 2.75) is 125 Å². The number of unbranched alkanes of at least 4 members (excludes halogenated alkanes) is 1. The smallest absolute Gasteiger partial charge is 0.242 e. The number of benzene rings is 2. The number of rotatable bonds is 20. The molecule has 14 nitrogen and oxygen atoms in total. The van der Waals surface area contributed by atoms with Crippen LogP contribution in [-0.2, 0) is 28.8 Å². The van der Waals surface area contributed by atoms with E-state index < -0.39 is 42.3 Å². The van der Waals surface area contributed by atoms with Gasteiger partial charge >= 0.3 is 0 Å². The number of ketones is 1. The van der Waals surface area contributed by atoms with E-state index in [2.05, 4.69) is 95.3 Å². The van der Waals surface area contributed by atoms with E-state index in [0.29, 0.717) is 24.9 Å². The summed E-state index contributed by atoms with van der Waals surface area (Å²) in [5.74, 6) is -2.73. The van der Waals surface area contributed by atoms with Gasteiger partial charge in [0.2, 0.25) is 29.5 Å². The lowest BCUT2D eigenvalue weighted by molar-refractivity contribution is -0.132. The molecule has 0 bridgehead atoms. The van der Waals surface area contributed by atoms with Gasteiger partial charge in [-0.1, -0.05) is 92.6 Å². The van der Waals surface area contributed by atoms with Crippen LogP contribution in [0.1, 0.15) is 97.6 Å². The topological polar surface area (TPSA) is 189 Å². The van der Waals surface area contributed by atoms with Crippen molar-refractivity contribution < 1.29 is 33.9 Å². The van der Waals surface area contributed by atoms with Crippen molar-refractivity contribution in [3.05, 3.63) is 71.8 Å². The lowest BCUT2D eigenvalue weighted by atomic mass is 9.85. The number of nitrogens with zero attached hydrogens (tertiary/aromatic N) is 2. The lowest BCUT2D eigenvalue weighted by Crippen LogP contribution is -2.52. The number of hydrogen-bond acceptors (Lipinski definition) is 9. The zero-order valence-electron chi connectivity index (χ0n) is 39.0. The Labute approximate surface area is 366 Å². The molecule has 0 spiro atoms. The van der Waals surface area contributed by atoms with E-state index in [1.165, 1.54) is 18.1 Å². The molecule has 2 atom stereocenters.